The highest BCUT2D eigenvalue weighted by Gasteiger charge is 2.10. The van der Waals surface area contributed by atoms with E-state index in [9.17, 15) is 18.0 Å². The summed E-state index contributed by atoms with van der Waals surface area (Å²) >= 11 is 0. The summed E-state index contributed by atoms with van der Waals surface area (Å²) in [4.78, 5) is 23.6. The third-order valence-electron chi connectivity index (χ3n) is 3.16. The molecule has 1 aromatic carbocycles. The molecule has 0 aliphatic heterocycles. The summed E-state index contributed by atoms with van der Waals surface area (Å²) in [6, 6.07) is 9.23. The van der Waals surface area contributed by atoms with Crippen molar-refractivity contribution in [3.05, 3.63) is 48.4 Å². The minimum Gasteiger partial charge on any atom is -0.459 e. The predicted octanol–water partition coefficient (Wildman–Crippen LogP) is 1.83. The number of carbonyl (C=O) groups is 2. The molecule has 128 valence electrons. The van der Waals surface area contributed by atoms with Crippen LogP contribution in [-0.4, -0.2) is 33.0 Å². The Labute approximate surface area is 140 Å². The SMILES string of the molecule is CS(=O)(=O)c1cccc(NC(=O)CCCNC(=O)c2ccco2)c1. The predicted molar refractivity (Wildman–Crippen MR) is 88.5 cm³/mol. The number of sulfone groups is 1. The lowest BCUT2D eigenvalue weighted by atomic mass is 10.2. The zero-order chi connectivity index (χ0) is 17.6. The smallest absolute Gasteiger partial charge is 0.286 e. The number of benzene rings is 1. The summed E-state index contributed by atoms with van der Waals surface area (Å²) in [5, 5.41) is 5.28. The Hall–Kier alpha value is -2.61. The molecule has 24 heavy (non-hydrogen) atoms. The fourth-order valence-electron chi connectivity index (χ4n) is 1.97. The van der Waals surface area contributed by atoms with Crippen LogP contribution in [0.5, 0.6) is 0 Å². The number of furan rings is 1. The Morgan fingerprint density at radius 1 is 1.17 bits per heavy atom. The maximum absolute atomic E-state index is 11.9. The second-order valence-electron chi connectivity index (χ2n) is 5.18. The van der Waals surface area contributed by atoms with Gasteiger partial charge in [0.2, 0.25) is 5.91 Å². The van der Waals surface area contributed by atoms with Crippen molar-refractivity contribution in [1.82, 2.24) is 5.32 Å². The first-order chi connectivity index (χ1) is 11.4. The van der Waals surface area contributed by atoms with Gasteiger partial charge in [0.25, 0.3) is 5.91 Å². The van der Waals surface area contributed by atoms with Gasteiger partial charge < -0.3 is 15.1 Å². The Morgan fingerprint density at radius 3 is 2.62 bits per heavy atom. The van der Waals surface area contributed by atoms with Gasteiger partial charge >= 0.3 is 0 Å². The van der Waals surface area contributed by atoms with Crippen LogP contribution in [0.15, 0.2) is 52.0 Å². The molecule has 7 nitrogen and oxygen atoms in total. The van der Waals surface area contributed by atoms with E-state index >= 15 is 0 Å². The van der Waals surface area contributed by atoms with Crippen molar-refractivity contribution in [2.75, 3.05) is 18.1 Å². The van der Waals surface area contributed by atoms with E-state index in [1.54, 1.807) is 24.3 Å². The average molecular weight is 350 g/mol. The average Bonchev–Trinajstić information content (AvgIpc) is 3.05. The first kappa shape index (κ1) is 17.7. The van der Waals surface area contributed by atoms with E-state index in [0.717, 1.165) is 6.26 Å². The van der Waals surface area contributed by atoms with Crippen LogP contribution in [0.3, 0.4) is 0 Å². The van der Waals surface area contributed by atoms with Crippen LogP contribution >= 0.6 is 0 Å². The molecule has 0 aliphatic rings. The molecule has 0 spiro atoms. The molecule has 0 bridgehead atoms. The van der Waals surface area contributed by atoms with E-state index < -0.39 is 9.84 Å². The van der Waals surface area contributed by atoms with E-state index in [-0.39, 0.29) is 28.9 Å². The molecule has 0 radical (unpaired) electrons. The quantitative estimate of drug-likeness (QED) is 0.741. The van der Waals surface area contributed by atoms with Gasteiger partial charge in [-0.1, -0.05) is 6.07 Å². The van der Waals surface area contributed by atoms with Crippen molar-refractivity contribution in [2.45, 2.75) is 17.7 Å². The highest BCUT2D eigenvalue weighted by Crippen LogP contribution is 2.15. The number of amides is 2. The third kappa shape index (κ3) is 5.24. The van der Waals surface area contributed by atoms with Gasteiger partial charge in [-0.05, 0) is 36.8 Å². The van der Waals surface area contributed by atoms with Crippen molar-refractivity contribution < 1.29 is 22.4 Å². The lowest BCUT2D eigenvalue weighted by Gasteiger charge is -2.07. The number of rotatable bonds is 7. The number of nitrogens with one attached hydrogen (secondary N) is 2. The number of anilines is 1. The maximum Gasteiger partial charge on any atom is 0.286 e. The molecule has 2 aromatic rings. The molecule has 0 atom stereocenters. The van der Waals surface area contributed by atoms with Crippen LogP contribution < -0.4 is 10.6 Å². The molecule has 0 saturated heterocycles. The molecule has 2 amide bonds. The maximum atomic E-state index is 11.9. The topological polar surface area (TPSA) is 105 Å². The van der Waals surface area contributed by atoms with Gasteiger partial charge in [0.05, 0.1) is 11.2 Å². The van der Waals surface area contributed by atoms with Crippen LogP contribution in [0.1, 0.15) is 23.4 Å². The number of hydrogen-bond donors (Lipinski definition) is 2. The van der Waals surface area contributed by atoms with Crippen LogP contribution in [0, 0.1) is 0 Å². The summed E-state index contributed by atoms with van der Waals surface area (Å²) in [5.41, 5.74) is 0.419. The highest BCUT2D eigenvalue weighted by atomic mass is 32.2. The van der Waals surface area contributed by atoms with E-state index in [1.165, 1.54) is 18.4 Å². The van der Waals surface area contributed by atoms with E-state index in [2.05, 4.69) is 10.6 Å². The highest BCUT2D eigenvalue weighted by molar-refractivity contribution is 7.90. The standard InChI is InChI=1S/C16H18N2O5S/c1-24(21,22)13-6-2-5-12(11-13)18-15(19)8-3-9-17-16(20)14-7-4-10-23-14/h2,4-7,10-11H,3,8-9H2,1H3,(H,17,20)(H,18,19). The normalized spacial score (nSPS) is 11.0. The molecule has 0 unspecified atom stereocenters. The number of carbonyl (C=O) groups excluding carboxylic acids is 2. The fourth-order valence-corrected chi connectivity index (χ4v) is 2.64. The third-order valence-corrected chi connectivity index (χ3v) is 4.27. The second-order valence-corrected chi connectivity index (χ2v) is 7.20. The molecule has 1 heterocycles. The Kier molecular flexibility index (Phi) is 5.75. The van der Waals surface area contributed by atoms with E-state index in [1.807, 2.05) is 0 Å². The van der Waals surface area contributed by atoms with Crippen molar-refractivity contribution >= 4 is 27.3 Å². The minimum atomic E-state index is -3.32. The van der Waals surface area contributed by atoms with Crippen molar-refractivity contribution in [1.29, 1.82) is 0 Å². The van der Waals surface area contributed by atoms with Gasteiger partial charge in [-0.25, -0.2) is 8.42 Å². The Bertz CT molecular complexity index is 813. The molecule has 0 aliphatic carbocycles. The summed E-state index contributed by atoms with van der Waals surface area (Å²) in [6.07, 6.45) is 3.16. The second kappa shape index (κ2) is 7.78. The van der Waals surface area contributed by atoms with Gasteiger partial charge in [0.1, 0.15) is 0 Å². The van der Waals surface area contributed by atoms with Gasteiger partial charge in [0.15, 0.2) is 15.6 Å². The summed E-state index contributed by atoms with van der Waals surface area (Å²) in [7, 11) is -3.32. The zero-order valence-electron chi connectivity index (χ0n) is 13.1. The van der Waals surface area contributed by atoms with Crippen molar-refractivity contribution in [3.63, 3.8) is 0 Å². The molecule has 2 rings (SSSR count). The molecular weight excluding hydrogens is 332 g/mol. The monoisotopic (exact) mass is 350 g/mol. The van der Waals surface area contributed by atoms with Gasteiger partial charge in [-0.15, -0.1) is 0 Å². The van der Waals surface area contributed by atoms with E-state index in [0.29, 0.717) is 18.7 Å². The van der Waals surface area contributed by atoms with Crippen LogP contribution in [-0.2, 0) is 14.6 Å². The zero-order valence-corrected chi connectivity index (χ0v) is 13.9. The van der Waals surface area contributed by atoms with Crippen molar-refractivity contribution in [2.24, 2.45) is 0 Å². The molecule has 0 saturated carbocycles. The summed E-state index contributed by atoms with van der Waals surface area (Å²) < 4.78 is 27.9. The molecular formula is C16H18N2O5S. The fraction of sp³-hybridized carbons (Fsp3) is 0.250. The van der Waals surface area contributed by atoms with Crippen LogP contribution in [0.2, 0.25) is 0 Å². The van der Waals surface area contributed by atoms with Gasteiger partial charge in [-0.2, -0.15) is 0 Å². The first-order valence-electron chi connectivity index (χ1n) is 7.28. The van der Waals surface area contributed by atoms with Crippen LogP contribution in [0.25, 0.3) is 0 Å². The molecule has 1 aromatic heterocycles. The number of hydrogen-bond acceptors (Lipinski definition) is 5. The Morgan fingerprint density at radius 2 is 1.96 bits per heavy atom. The van der Waals surface area contributed by atoms with Crippen LogP contribution in [0.4, 0.5) is 5.69 Å². The summed E-state index contributed by atoms with van der Waals surface area (Å²) in [5.74, 6) is -0.369. The van der Waals surface area contributed by atoms with Gasteiger partial charge in [-0.3, -0.25) is 9.59 Å². The van der Waals surface area contributed by atoms with Crippen molar-refractivity contribution in [3.8, 4) is 0 Å². The summed E-state index contributed by atoms with van der Waals surface area (Å²) in [6.45, 7) is 0.330. The van der Waals surface area contributed by atoms with E-state index in [4.69, 9.17) is 4.42 Å². The Balaban J connectivity index is 1.77. The molecule has 8 heteroatoms. The molecule has 0 fully saturated rings. The molecule has 2 N–H and O–H groups in total. The lowest BCUT2D eigenvalue weighted by molar-refractivity contribution is -0.116. The lowest BCUT2D eigenvalue weighted by Crippen LogP contribution is -2.25. The largest absolute Gasteiger partial charge is 0.459 e. The van der Waals surface area contributed by atoms with Gasteiger partial charge in [0, 0.05) is 24.9 Å². The minimum absolute atomic E-state index is 0.144. The first-order valence-corrected chi connectivity index (χ1v) is 9.17.